The van der Waals surface area contributed by atoms with Gasteiger partial charge in [0.1, 0.15) is 11.8 Å². The Morgan fingerprint density at radius 2 is 2.29 bits per heavy atom. The fraction of sp³-hybridized carbons (Fsp3) is 0.385. The highest BCUT2D eigenvalue weighted by Gasteiger charge is 2.23. The molecule has 1 amide bonds. The van der Waals surface area contributed by atoms with Crippen LogP contribution >= 0.6 is 0 Å². The normalized spacial score (nSPS) is 16.8. The van der Waals surface area contributed by atoms with Gasteiger partial charge in [0.05, 0.1) is 6.33 Å². The number of imidazole rings is 1. The van der Waals surface area contributed by atoms with E-state index in [0.29, 0.717) is 0 Å². The molecule has 0 radical (unpaired) electrons. The third-order valence-electron chi connectivity index (χ3n) is 3.45. The van der Waals surface area contributed by atoms with E-state index in [1.54, 1.807) is 6.33 Å². The monoisotopic (exact) mass is 335 g/mol. The molecule has 1 fully saturated rings. The van der Waals surface area contributed by atoms with Crippen LogP contribution in [0.25, 0.3) is 11.2 Å². The van der Waals surface area contributed by atoms with Gasteiger partial charge in [0.2, 0.25) is 5.91 Å². The number of aromatic nitrogens is 4. The van der Waals surface area contributed by atoms with Crippen LogP contribution in [-0.2, 0) is 4.79 Å². The summed E-state index contributed by atoms with van der Waals surface area (Å²) in [6.07, 6.45) is 6.41. The van der Waals surface area contributed by atoms with E-state index < -0.39 is 5.09 Å². The zero-order valence-corrected chi connectivity index (χ0v) is 12.8. The smallest absolute Gasteiger partial charge is 0.291 e. The molecular formula is C13H17N7O4. The van der Waals surface area contributed by atoms with Crippen molar-refractivity contribution < 1.29 is 15.1 Å². The Balaban J connectivity index is 0.000000471. The van der Waals surface area contributed by atoms with E-state index in [1.165, 1.54) is 12.4 Å². The number of carbonyl (C=O) groups excluding carboxylic acids is 1. The van der Waals surface area contributed by atoms with Crippen LogP contribution in [0.15, 0.2) is 25.3 Å². The number of H-pyrrole nitrogens is 1. The maximum absolute atomic E-state index is 11.4. The topological polar surface area (TPSA) is 150 Å². The summed E-state index contributed by atoms with van der Waals surface area (Å²) in [6, 6.07) is 0.109. The van der Waals surface area contributed by atoms with Gasteiger partial charge in [-0.05, 0) is 18.9 Å². The molecule has 128 valence electrons. The van der Waals surface area contributed by atoms with Gasteiger partial charge in [-0.3, -0.25) is 4.79 Å². The molecule has 11 heteroatoms. The standard InChI is InChI=1S/C13H16N6O.HNO3/c1-2-10(20)18-9-4-3-5-19(6-9)13-11-12(15-7-14-11)16-8-17-13;2-1(3)4/h2,7-9H,1,3-6H2,(H,18,20)(H,14,15,16,17);(H,2,3,4)/t9-;/m1./s1. The first kappa shape index (κ1) is 17.1. The van der Waals surface area contributed by atoms with Crippen LogP contribution in [0.4, 0.5) is 5.82 Å². The first-order valence-electron chi connectivity index (χ1n) is 7.16. The summed E-state index contributed by atoms with van der Waals surface area (Å²) in [5.41, 5.74) is 1.50. The molecule has 0 aliphatic carbocycles. The molecule has 3 heterocycles. The van der Waals surface area contributed by atoms with E-state index in [2.05, 4.69) is 36.7 Å². The minimum atomic E-state index is -1.50. The third kappa shape index (κ3) is 4.38. The number of fused-ring (bicyclic) bond motifs is 1. The minimum Gasteiger partial charge on any atom is -0.353 e. The Morgan fingerprint density at radius 1 is 1.54 bits per heavy atom. The molecule has 1 atom stereocenters. The molecule has 1 aliphatic heterocycles. The van der Waals surface area contributed by atoms with Gasteiger partial charge in [0, 0.05) is 19.1 Å². The van der Waals surface area contributed by atoms with Gasteiger partial charge in [-0.1, -0.05) is 6.58 Å². The summed E-state index contributed by atoms with van der Waals surface area (Å²) in [4.78, 5) is 37.6. The van der Waals surface area contributed by atoms with Crippen molar-refractivity contribution in [3.05, 3.63) is 35.4 Å². The molecule has 0 spiro atoms. The Kier molecular flexibility index (Phi) is 5.60. The fourth-order valence-electron chi connectivity index (χ4n) is 2.53. The first-order chi connectivity index (χ1) is 11.5. The molecule has 0 bridgehead atoms. The first-order valence-corrected chi connectivity index (χ1v) is 7.16. The Hall–Kier alpha value is -3.24. The number of hydrogen-bond donors (Lipinski definition) is 3. The Labute approximate surface area is 136 Å². The lowest BCUT2D eigenvalue weighted by Gasteiger charge is -2.33. The zero-order valence-electron chi connectivity index (χ0n) is 12.8. The third-order valence-corrected chi connectivity index (χ3v) is 3.45. The number of hydrogen-bond acceptors (Lipinski definition) is 7. The van der Waals surface area contributed by atoms with E-state index in [-0.39, 0.29) is 11.9 Å². The average molecular weight is 335 g/mol. The molecule has 11 nitrogen and oxygen atoms in total. The average Bonchev–Trinajstić information content (AvgIpc) is 3.03. The highest BCUT2D eigenvalue weighted by atomic mass is 16.9. The number of piperidine rings is 1. The van der Waals surface area contributed by atoms with Crippen molar-refractivity contribution in [1.82, 2.24) is 25.3 Å². The Bertz CT molecular complexity index is 728. The second kappa shape index (κ2) is 7.85. The van der Waals surface area contributed by atoms with Crippen LogP contribution in [0.2, 0.25) is 0 Å². The maximum atomic E-state index is 11.4. The van der Waals surface area contributed by atoms with Crippen molar-refractivity contribution in [3.8, 4) is 0 Å². The van der Waals surface area contributed by atoms with Crippen molar-refractivity contribution in [2.75, 3.05) is 18.0 Å². The number of aromatic amines is 1. The van der Waals surface area contributed by atoms with Crippen molar-refractivity contribution >= 4 is 22.9 Å². The van der Waals surface area contributed by atoms with Gasteiger partial charge in [0.15, 0.2) is 11.5 Å². The van der Waals surface area contributed by atoms with Gasteiger partial charge >= 0.3 is 0 Å². The van der Waals surface area contributed by atoms with E-state index >= 15 is 0 Å². The summed E-state index contributed by atoms with van der Waals surface area (Å²) in [5.74, 6) is 0.679. The molecule has 1 aliphatic rings. The number of rotatable bonds is 3. The molecular weight excluding hydrogens is 318 g/mol. The van der Waals surface area contributed by atoms with Crippen LogP contribution in [0.5, 0.6) is 0 Å². The van der Waals surface area contributed by atoms with Gasteiger partial charge in [-0.15, -0.1) is 10.1 Å². The molecule has 2 aromatic rings. The largest absolute Gasteiger partial charge is 0.353 e. The molecule has 24 heavy (non-hydrogen) atoms. The van der Waals surface area contributed by atoms with Gasteiger partial charge in [0.25, 0.3) is 5.09 Å². The molecule has 1 saturated heterocycles. The molecule has 3 N–H and O–H groups in total. The second-order valence-electron chi connectivity index (χ2n) is 5.03. The van der Waals surface area contributed by atoms with Crippen molar-refractivity contribution in [2.24, 2.45) is 0 Å². The van der Waals surface area contributed by atoms with Gasteiger partial charge in [-0.25, -0.2) is 15.0 Å². The predicted molar refractivity (Wildman–Crippen MR) is 84.0 cm³/mol. The van der Waals surface area contributed by atoms with E-state index in [9.17, 15) is 4.79 Å². The van der Waals surface area contributed by atoms with Crippen LogP contribution in [-0.4, -0.2) is 55.3 Å². The summed E-state index contributed by atoms with van der Waals surface area (Å²) < 4.78 is 0. The molecule has 3 rings (SSSR count). The molecule has 0 saturated carbocycles. The molecule has 0 aromatic carbocycles. The highest BCUT2D eigenvalue weighted by molar-refractivity contribution is 5.87. The number of anilines is 1. The van der Waals surface area contributed by atoms with Crippen LogP contribution in [0.3, 0.4) is 0 Å². The zero-order chi connectivity index (χ0) is 17.5. The lowest BCUT2D eigenvalue weighted by Crippen LogP contribution is -2.47. The number of nitrogens with zero attached hydrogens (tertiary/aromatic N) is 5. The van der Waals surface area contributed by atoms with Gasteiger partial charge in [-0.2, -0.15) is 0 Å². The number of carbonyl (C=O) groups is 1. The molecule has 2 aromatic heterocycles. The SMILES string of the molecule is C=CC(=O)N[C@@H]1CCCN(c2ncnc3[nH]cnc23)C1.O=[N+]([O-])O. The van der Waals surface area contributed by atoms with Crippen molar-refractivity contribution in [3.63, 3.8) is 0 Å². The summed E-state index contributed by atoms with van der Waals surface area (Å²) in [5, 5.41) is 16.6. The van der Waals surface area contributed by atoms with Crippen LogP contribution in [0.1, 0.15) is 12.8 Å². The number of amides is 1. The summed E-state index contributed by atoms with van der Waals surface area (Å²) >= 11 is 0. The quantitative estimate of drug-likeness (QED) is 0.411. The minimum absolute atomic E-state index is 0.109. The van der Waals surface area contributed by atoms with Crippen LogP contribution < -0.4 is 10.2 Å². The maximum Gasteiger partial charge on any atom is 0.291 e. The lowest BCUT2D eigenvalue weighted by molar-refractivity contribution is -0.742. The fourth-order valence-corrected chi connectivity index (χ4v) is 2.53. The Morgan fingerprint density at radius 3 is 3.00 bits per heavy atom. The van der Waals surface area contributed by atoms with E-state index in [1.807, 2.05) is 0 Å². The lowest BCUT2D eigenvalue weighted by atomic mass is 10.1. The number of nitrogens with one attached hydrogen (secondary N) is 2. The van der Waals surface area contributed by atoms with Crippen molar-refractivity contribution in [2.45, 2.75) is 18.9 Å². The summed E-state index contributed by atoms with van der Waals surface area (Å²) in [6.45, 7) is 5.10. The van der Waals surface area contributed by atoms with Crippen LogP contribution in [0, 0.1) is 10.1 Å². The second-order valence-corrected chi connectivity index (χ2v) is 5.03. The predicted octanol–water partition coefficient (Wildman–Crippen LogP) is 0.276. The van der Waals surface area contributed by atoms with Gasteiger partial charge < -0.3 is 20.4 Å². The highest BCUT2D eigenvalue weighted by Crippen LogP contribution is 2.23. The van der Waals surface area contributed by atoms with E-state index in [4.69, 9.17) is 15.3 Å². The van der Waals surface area contributed by atoms with E-state index in [0.717, 1.165) is 42.9 Å². The summed E-state index contributed by atoms with van der Waals surface area (Å²) in [7, 11) is 0. The van der Waals surface area contributed by atoms with Crippen molar-refractivity contribution in [1.29, 1.82) is 0 Å². The molecule has 0 unspecified atom stereocenters.